The van der Waals surface area contributed by atoms with Gasteiger partial charge in [0.2, 0.25) is 5.91 Å². The smallest absolute Gasteiger partial charge is 0.227 e. The lowest BCUT2D eigenvalue weighted by atomic mass is 10.1. The van der Waals surface area contributed by atoms with Crippen LogP contribution in [-0.4, -0.2) is 29.7 Å². The third-order valence-electron chi connectivity index (χ3n) is 2.90. The summed E-state index contributed by atoms with van der Waals surface area (Å²) < 4.78 is 13.4. The summed E-state index contributed by atoms with van der Waals surface area (Å²) in [6.07, 6.45) is 1.28. The molecule has 0 aliphatic carbocycles. The van der Waals surface area contributed by atoms with Crippen molar-refractivity contribution in [2.24, 2.45) is 0 Å². The van der Waals surface area contributed by atoms with Gasteiger partial charge < -0.3 is 4.90 Å². The molecular formula is C13H14FNO2. The number of halogens is 1. The lowest BCUT2D eigenvalue weighted by molar-refractivity contribution is -0.137. The molecule has 1 heterocycles. The minimum absolute atomic E-state index is 0.0277. The molecule has 2 rings (SSSR count). The van der Waals surface area contributed by atoms with E-state index >= 15 is 0 Å². The second-order valence-electron chi connectivity index (χ2n) is 4.23. The summed E-state index contributed by atoms with van der Waals surface area (Å²) in [6.45, 7) is 0.770. The van der Waals surface area contributed by atoms with Gasteiger partial charge in [-0.05, 0) is 18.1 Å². The Labute approximate surface area is 99.2 Å². The van der Waals surface area contributed by atoms with Crippen LogP contribution in [0.5, 0.6) is 0 Å². The molecule has 0 N–H and O–H groups in total. The fourth-order valence-corrected chi connectivity index (χ4v) is 1.97. The molecule has 1 fully saturated rings. The van der Waals surface area contributed by atoms with Crippen molar-refractivity contribution in [1.29, 1.82) is 0 Å². The van der Waals surface area contributed by atoms with E-state index in [0.29, 0.717) is 24.9 Å². The normalized spacial score (nSPS) is 16.1. The van der Waals surface area contributed by atoms with Crippen LogP contribution in [0.4, 0.5) is 4.39 Å². The van der Waals surface area contributed by atoms with Crippen molar-refractivity contribution in [3.8, 4) is 0 Å². The second kappa shape index (κ2) is 5.08. The van der Waals surface area contributed by atoms with Crippen LogP contribution in [0.1, 0.15) is 18.4 Å². The van der Waals surface area contributed by atoms with Gasteiger partial charge in [-0.15, -0.1) is 0 Å². The van der Waals surface area contributed by atoms with Crippen molar-refractivity contribution in [2.45, 2.75) is 19.3 Å². The third-order valence-corrected chi connectivity index (χ3v) is 2.90. The number of carbonyl (C=O) groups excluding carboxylic acids is 2. The molecule has 0 bridgehead atoms. The van der Waals surface area contributed by atoms with Crippen molar-refractivity contribution >= 4 is 11.7 Å². The number of hydrogen-bond donors (Lipinski definition) is 0. The van der Waals surface area contributed by atoms with Crippen molar-refractivity contribution in [1.82, 2.24) is 4.90 Å². The topological polar surface area (TPSA) is 37.4 Å². The average Bonchev–Trinajstić information content (AvgIpc) is 2.32. The number of benzene rings is 1. The Morgan fingerprint density at radius 2 is 2.12 bits per heavy atom. The lowest BCUT2D eigenvalue weighted by Crippen LogP contribution is -2.41. The zero-order valence-electron chi connectivity index (χ0n) is 9.49. The largest absolute Gasteiger partial charge is 0.335 e. The highest BCUT2D eigenvalue weighted by atomic mass is 19.1. The Kier molecular flexibility index (Phi) is 3.52. The van der Waals surface area contributed by atoms with Gasteiger partial charge in [0.1, 0.15) is 5.82 Å². The molecule has 3 nitrogen and oxygen atoms in total. The van der Waals surface area contributed by atoms with Crippen molar-refractivity contribution < 1.29 is 14.0 Å². The molecule has 17 heavy (non-hydrogen) atoms. The number of nitrogens with zero attached hydrogens (tertiary/aromatic N) is 1. The van der Waals surface area contributed by atoms with Crippen LogP contribution < -0.4 is 0 Å². The molecular weight excluding hydrogens is 221 g/mol. The zero-order valence-corrected chi connectivity index (χ0v) is 9.49. The number of hydrogen-bond acceptors (Lipinski definition) is 2. The monoisotopic (exact) mass is 235 g/mol. The Balaban J connectivity index is 2.02. The van der Waals surface area contributed by atoms with Gasteiger partial charge in [0.15, 0.2) is 5.78 Å². The zero-order chi connectivity index (χ0) is 12.3. The highest BCUT2D eigenvalue weighted by Crippen LogP contribution is 2.11. The minimum atomic E-state index is -0.371. The molecule has 90 valence electrons. The van der Waals surface area contributed by atoms with Gasteiger partial charge in [-0.25, -0.2) is 4.39 Å². The molecule has 1 amide bonds. The highest BCUT2D eigenvalue weighted by molar-refractivity contribution is 5.88. The quantitative estimate of drug-likeness (QED) is 0.780. The summed E-state index contributed by atoms with van der Waals surface area (Å²) >= 11 is 0. The van der Waals surface area contributed by atoms with Crippen LogP contribution in [0.25, 0.3) is 0 Å². The van der Waals surface area contributed by atoms with Gasteiger partial charge >= 0.3 is 0 Å². The Hall–Kier alpha value is -1.71. The van der Waals surface area contributed by atoms with E-state index in [1.165, 1.54) is 11.0 Å². The van der Waals surface area contributed by atoms with Crippen molar-refractivity contribution in [3.63, 3.8) is 0 Å². The molecule has 1 saturated heterocycles. The summed E-state index contributed by atoms with van der Waals surface area (Å²) in [7, 11) is 0. The first-order valence-electron chi connectivity index (χ1n) is 5.69. The van der Waals surface area contributed by atoms with Crippen LogP contribution in [0.3, 0.4) is 0 Å². The number of carbonyl (C=O) groups is 2. The first-order valence-corrected chi connectivity index (χ1v) is 5.69. The summed E-state index contributed by atoms with van der Waals surface area (Å²) in [5.41, 5.74) is 0.385. The van der Waals surface area contributed by atoms with Gasteiger partial charge in [0.25, 0.3) is 0 Å². The Bertz CT molecular complexity index is 445. The maximum atomic E-state index is 13.4. The molecule has 1 aromatic carbocycles. The SMILES string of the molecule is O=C1CCCN(C(=O)Cc2ccccc2F)C1. The molecule has 0 spiro atoms. The van der Waals surface area contributed by atoms with Crippen molar-refractivity contribution in [3.05, 3.63) is 35.6 Å². The van der Waals surface area contributed by atoms with Crippen LogP contribution in [-0.2, 0) is 16.0 Å². The maximum Gasteiger partial charge on any atom is 0.227 e. The molecule has 1 aliphatic rings. The number of amides is 1. The molecule has 0 unspecified atom stereocenters. The molecule has 1 aliphatic heterocycles. The van der Waals surface area contributed by atoms with Gasteiger partial charge in [-0.3, -0.25) is 9.59 Å². The number of likely N-dealkylation sites (tertiary alicyclic amines) is 1. The Morgan fingerprint density at radius 1 is 1.35 bits per heavy atom. The summed E-state index contributed by atoms with van der Waals surface area (Å²) in [4.78, 5) is 24.6. The Morgan fingerprint density at radius 3 is 2.82 bits per heavy atom. The summed E-state index contributed by atoms with van der Waals surface area (Å²) in [5.74, 6) is -0.467. The molecule has 0 saturated carbocycles. The van der Waals surface area contributed by atoms with Gasteiger partial charge in [-0.1, -0.05) is 18.2 Å². The van der Waals surface area contributed by atoms with Gasteiger partial charge in [0.05, 0.1) is 13.0 Å². The van der Waals surface area contributed by atoms with Gasteiger partial charge in [-0.2, -0.15) is 0 Å². The molecule has 0 radical (unpaired) electrons. The number of Topliss-reactive ketones (excluding diaryl/α,β-unsaturated/α-hetero) is 1. The third kappa shape index (κ3) is 2.90. The van der Waals surface area contributed by atoms with E-state index in [2.05, 4.69) is 0 Å². The van der Waals surface area contributed by atoms with E-state index in [0.717, 1.165) is 0 Å². The predicted molar refractivity (Wildman–Crippen MR) is 60.9 cm³/mol. The lowest BCUT2D eigenvalue weighted by Gasteiger charge is -2.25. The van der Waals surface area contributed by atoms with Crippen LogP contribution in [0.2, 0.25) is 0 Å². The van der Waals surface area contributed by atoms with E-state index in [1.54, 1.807) is 18.2 Å². The van der Waals surface area contributed by atoms with E-state index in [9.17, 15) is 14.0 Å². The first kappa shape index (κ1) is 11.8. The van der Waals surface area contributed by atoms with Crippen LogP contribution >= 0.6 is 0 Å². The molecule has 0 atom stereocenters. The molecule has 4 heteroatoms. The fourth-order valence-electron chi connectivity index (χ4n) is 1.97. The average molecular weight is 235 g/mol. The minimum Gasteiger partial charge on any atom is -0.335 e. The van der Waals surface area contributed by atoms with E-state index in [4.69, 9.17) is 0 Å². The standard InChI is InChI=1S/C13H14FNO2/c14-12-6-2-1-4-10(12)8-13(17)15-7-3-5-11(16)9-15/h1-2,4,6H,3,5,7-9H2. The predicted octanol–water partition coefficient (Wildman–Crippen LogP) is 1.56. The first-order chi connectivity index (χ1) is 8.16. The maximum absolute atomic E-state index is 13.4. The van der Waals surface area contributed by atoms with Crippen LogP contribution in [0, 0.1) is 5.82 Å². The van der Waals surface area contributed by atoms with Crippen LogP contribution in [0.15, 0.2) is 24.3 Å². The summed E-state index contributed by atoms with van der Waals surface area (Å²) in [6, 6.07) is 6.23. The summed E-state index contributed by atoms with van der Waals surface area (Å²) in [5, 5.41) is 0. The number of rotatable bonds is 2. The van der Waals surface area contributed by atoms with E-state index < -0.39 is 0 Å². The fraction of sp³-hybridized carbons (Fsp3) is 0.385. The molecule has 1 aromatic rings. The van der Waals surface area contributed by atoms with Crippen molar-refractivity contribution in [2.75, 3.05) is 13.1 Å². The number of ketones is 1. The van der Waals surface area contributed by atoms with E-state index in [-0.39, 0.29) is 30.5 Å². The van der Waals surface area contributed by atoms with E-state index in [1.807, 2.05) is 0 Å². The highest BCUT2D eigenvalue weighted by Gasteiger charge is 2.21. The second-order valence-corrected chi connectivity index (χ2v) is 4.23. The number of piperidine rings is 1. The van der Waals surface area contributed by atoms with Gasteiger partial charge in [0, 0.05) is 13.0 Å². The molecule has 0 aromatic heterocycles.